The second-order valence-corrected chi connectivity index (χ2v) is 5.02. The predicted molar refractivity (Wildman–Crippen MR) is 68.1 cm³/mol. The molecule has 1 heterocycles. The molecule has 1 saturated heterocycles. The maximum absolute atomic E-state index is 4.69. The first kappa shape index (κ1) is 10.6. The van der Waals surface area contributed by atoms with Crippen molar-refractivity contribution in [1.29, 1.82) is 0 Å². The maximum atomic E-state index is 4.69. The Bertz CT molecular complexity index is 399. The molecule has 3 heteroatoms. The Labute approximate surface area is 95.4 Å². The van der Waals surface area contributed by atoms with Crippen molar-refractivity contribution in [2.24, 2.45) is 4.99 Å². The minimum atomic E-state index is 1.09. The van der Waals surface area contributed by atoms with E-state index in [1.54, 1.807) is 0 Å². The molecule has 0 amide bonds. The molecule has 0 N–H and O–H groups in total. The van der Waals surface area contributed by atoms with E-state index in [2.05, 4.69) is 49.0 Å². The molecule has 1 aliphatic rings. The summed E-state index contributed by atoms with van der Waals surface area (Å²) >= 11 is 1.83. The molecule has 0 bridgehead atoms. The van der Waals surface area contributed by atoms with Crippen LogP contribution >= 0.6 is 11.8 Å². The van der Waals surface area contributed by atoms with Gasteiger partial charge in [0.1, 0.15) is 0 Å². The largest absolute Gasteiger partial charge is 0.353 e. The summed E-state index contributed by atoms with van der Waals surface area (Å²) in [6, 6.07) is 6.40. The fourth-order valence-electron chi connectivity index (χ4n) is 1.63. The molecule has 0 atom stereocenters. The van der Waals surface area contributed by atoms with Crippen LogP contribution in [-0.2, 0) is 0 Å². The average Bonchev–Trinajstić information content (AvgIpc) is 2.57. The Kier molecular flexibility index (Phi) is 3.00. The molecule has 15 heavy (non-hydrogen) atoms. The fourth-order valence-corrected chi connectivity index (χ4v) is 2.65. The summed E-state index contributed by atoms with van der Waals surface area (Å²) in [5, 5.41) is 1.14. The van der Waals surface area contributed by atoms with E-state index in [1.165, 1.54) is 11.1 Å². The minimum Gasteiger partial charge on any atom is -0.353 e. The fraction of sp³-hybridized carbons (Fsp3) is 0.417. The first-order chi connectivity index (χ1) is 7.16. The van der Waals surface area contributed by atoms with Gasteiger partial charge in [0.25, 0.3) is 0 Å². The lowest BCUT2D eigenvalue weighted by atomic mass is 10.1. The van der Waals surface area contributed by atoms with Crippen molar-refractivity contribution in [3.63, 3.8) is 0 Å². The predicted octanol–water partition coefficient (Wildman–Crippen LogP) is 2.97. The van der Waals surface area contributed by atoms with Crippen LogP contribution in [0.25, 0.3) is 0 Å². The topological polar surface area (TPSA) is 15.6 Å². The van der Waals surface area contributed by atoms with Gasteiger partial charge in [0.05, 0.1) is 5.69 Å². The van der Waals surface area contributed by atoms with Gasteiger partial charge in [-0.2, -0.15) is 0 Å². The molecular weight excluding hydrogens is 204 g/mol. The van der Waals surface area contributed by atoms with E-state index in [0.717, 1.165) is 23.2 Å². The summed E-state index contributed by atoms with van der Waals surface area (Å²) in [5.74, 6) is 1.15. The third-order valence-corrected chi connectivity index (χ3v) is 3.60. The number of aliphatic imine (C=N–C) groups is 1. The molecule has 0 aliphatic carbocycles. The van der Waals surface area contributed by atoms with Crippen molar-refractivity contribution in [2.75, 3.05) is 19.3 Å². The van der Waals surface area contributed by atoms with E-state index >= 15 is 0 Å². The summed E-state index contributed by atoms with van der Waals surface area (Å²) in [6.07, 6.45) is 0. The van der Waals surface area contributed by atoms with E-state index in [9.17, 15) is 0 Å². The van der Waals surface area contributed by atoms with Crippen LogP contribution in [0.1, 0.15) is 11.1 Å². The highest BCUT2D eigenvalue weighted by Gasteiger charge is 2.15. The van der Waals surface area contributed by atoms with Crippen molar-refractivity contribution in [3.05, 3.63) is 29.3 Å². The minimum absolute atomic E-state index is 1.09. The molecule has 1 aliphatic heterocycles. The molecule has 1 fully saturated rings. The first-order valence-corrected chi connectivity index (χ1v) is 6.15. The average molecular weight is 220 g/mol. The van der Waals surface area contributed by atoms with Gasteiger partial charge in [-0.05, 0) is 25.5 Å². The molecule has 0 radical (unpaired) electrons. The Hall–Kier alpha value is -0.960. The van der Waals surface area contributed by atoms with E-state index < -0.39 is 0 Å². The van der Waals surface area contributed by atoms with Crippen molar-refractivity contribution >= 4 is 22.6 Å². The SMILES string of the molecule is Cc1ccc(N=C2SCCN2C)c(C)c1. The zero-order valence-electron chi connectivity index (χ0n) is 9.45. The smallest absolute Gasteiger partial charge is 0.164 e. The molecule has 0 aromatic heterocycles. The number of benzene rings is 1. The number of thioether (sulfide) groups is 1. The molecule has 0 unspecified atom stereocenters. The molecule has 0 saturated carbocycles. The van der Waals surface area contributed by atoms with Crippen LogP contribution in [-0.4, -0.2) is 29.4 Å². The number of amidine groups is 1. The Morgan fingerprint density at radius 1 is 1.33 bits per heavy atom. The number of aryl methyl sites for hydroxylation is 2. The van der Waals surface area contributed by atoms with Gasteiger partial charge in [-0.15, -0.1) is 0 Å². The highest BCUT2D eigenvalue weighted by Crippen LogP contribution is 2.24. The van der Waals surface area contributed by atoms with Crippen LogP contribution in [0.15, 0.2) is 23.2 Å². The zero-order valence-corrected chi connectivity index (χ0v) is 10.3. The highest BCUT2D eigenvalue weighted by molar-refractivity contribution is 8.14. The van der Waals surface area contributed by atoms with Gasteiger partial charge in [-0.25, -0.2) is 4.99 Å². The molecule has 0 spiro atoms. The summed E-state index contributed by atoms with van der Waals surface area (Å²) in [7, 11) is 2.10. The highest BCUT2D eigenvalue weighted by atomic mass is 32.2. The lowest BCUT2D eigenvalue weighted by molar-refractivity contribution is 0.563. The van der Waals surface area contributed by atoms with Crippen LogP contribution in [0.5, 0.6) is 0 Å². The molecule has 1 aromatic carbocycles. The zero-order chi connectivity index (χ0) is 10.8. The monoisotopic (exact) mass is 220 g/mol. The standard InChI is InChI=1S/C12H16N2S/c1-9-4-5-11(10(2)8-9)13-12-14(3)6-7-15-12/h4-5,8H,6-7H2,1-3H3. The van der Waals surface area contributed by atoms with Crippen LogP contribution in [0, 0.1) is 13.8 Å². The third kappa shape index (κ3) is 2.34. The van der Waals surface area contributed by atoms with Crippen LogP contribution in [0.2, 0.25) is 0 Å². The van der Waals surface area contributed by atoms with Gasteiger partial charge in [0, 0.05) is 19.3 Å². The molecule has 80 valence electrons. The summed E-state index contributed by atoms with van der Waals surface area (Å²) < 4.78 is 0. The quantitative estimate of drug-likeness (QED) is 0.723. The van der Waals surface area contributed by atoms with Gasteiger partial charge >= 0.3 is 0 Å². The van der Waals surface area contributed by atoms with Crippen molar-refractivity contribution in [2.45, 2.75) is 13.8 Å². The second kappa shape index (κ2) is 4.27. The van der Waals surface area contributed by atoms with Gasteiger partial charge in [-0.3, -0.25) is 0 Å². The number of nitrogens with zero attached hydrogens (tertiary/aromatic N) is 2. The van der Waals surface area contributed by atoms with Gasteiger partial charge in [0.2, 0.25) is 0 Å². The number of rotatable bonds is 1. The molecular formula is C12H16N2S. The van der Waals surface area contributed by atoms with Gasteiger partial charge < -0.3 is 4.90 Å². The van der Waals surface area contributed by atoms with Crippen LogP contribution in [0.4, 0.5) is 5.69 Å². The Morgan fingerprint density at radius 2 is 2.13 bits per heavy atom. The maximum Gasteiger partial charge on any atom is 0.164 e. The van der Waals surface area contributed by atoms with E-state index in [4.69, 9.17) is 0 Å². The third-order valence-electron chi connectivity index (χ3n) is 2.55. The summed E-state index contributed by atoms with van der Waals surface area (Å²) in [6.45, 7) is 5.33. The number of hydrogen-bond donors (Lipinski definition) is 0. The van der Waals surface area contributed by atoms with Crippen molar-refractivity contribution in [3.8, 4) is 0 Å². The normalized spacial score (nSPS) is 18.9. The second-order valence-electron chi connectivity index (χ2n) is 3.95. The van der Waals surface area contributed by atoms with Gasteiger partial charge in [-0.1, -0.05) is 29.5 Å². The van der Waals surface area contributed by atoms with E-state index in [0.29, 0.717) is 0 Å². The molecule has 1 aromatic rings. The molecule has 2 rings (SSSR count). The Balaban J connectivity index is 2.30. The first-order valence-electron chi connectivity index (χ1n) is 5.17. The van der Waals surface area contributed by atoms with Crippen LogP contribution < -0.4 is 0 Å². The van der Waals surface area contributed by atoms with Crippen molar-refractivity contribution < 1.29 is 0 Å². The van der Waals surface area contributed by atoms with E-state index in [-0.39, 0.29) is 0 Å². The summed E-state index contributed by atoms with van der Waals surface area (Å²) in [5.41, 5.74) is 3.64. The number of hydrogen-bond acceptors (Lipinski definition) is 2. The lowest BCUT2D eigenvalue weighted by Crippen LogP contribution is -2.17. The van der Waals surface area contributed by atoms with Crippen molar-refractivity contribution in [1.82, 2.24) is 4.90 Å². The van der Waals surface area contributed by atoms with Gasteiger partial charge in [0.15, 0.2) is 5.17 Å². The summed E-state index contributed by atoms with van der Waals surface area (Å²) in [4.78, 5) is 6.90. The van der Waals surface area contributed by atoms with E-state index in [1.807, 2.05) is 11.8 Å². The Morgan fingerprint density at radius 3 is 2.73 bits per heavy atom. The van der Waals surface area contributed by atoms with Crippen LogP contribution in [0.3, 0.4) is 0 Å². The lowest BCUT2D eigenvalue weighted by Gasteiger charge is -2.10. The molecule has 2 nitrogen and oxygen atoms in total.